The Morgan fingerprint density at radius 1 is 1.06 bits per heavy atom. The Morgan fingerprint density at radius 2 is 1.86 bits per heavy atom. The lowest BCUT2D eigenvalue weighted by molar-refractivity contribution is -0.137. The van der Waals surface area contributed by atoms with Crippen LogP contribution in [0.4, 0.5) is 23.4 Å². The maximum Gasteiger partial charge on any atom is 0.418 e. The quantitative estimate of drug-likeness (QED) is 0.195. The number of pyridine rings is 2. The van der Waals surface area contributed by atoms with Gasteiger partial charge in [0.25, 0.3) is 5.91 Å². The van der Waals surface area contributed by atoms with E-state index in [0.29, 0.717) is 11.1 Å². The van der Waals surface area contributed by atoms with Gasteiger partial charge in [0, 0.05) is 25.2 Å². The number of amides is 1. The molecule has 14 heteroatoms. The number of alkyl halides is 3. The van der Waals surface area contributed by atoms with E-state index in [2.05, 4.69) is 30.2 Å². The van der Waals surface area contributed by atoms with Crippen LogP contribution < -0.4 is 5.32 Å². The van der Waals surface area contributed by atoms with E-state index in [1.807, 2.05) is 0 Å². The molecule has 0 aliphatic heterocycles. The lowest BCUT2D eigenvalue weighted by Crippen LogP contribution is -2.13. The molecule has 4 heterocycles. The number of Topliss-reactive ketones (excluding diaryl/α,β-unsaturated/α-hetero) is 1. The Balaban J connectivity index is 1.39. The van der Waals surface area contributed by atoms with E-state index in [4.69, 9.17) is 11.6 Å². The predicted molar refractivity (Wildman–Crippen MR) is 122 cm³/mol. The highest BCUT2D eigenvalue weighted by molar-refractivity contribution is 7.13. The first-order valence-electron chi connectivity index (χ1n) is 10.1. The highest BCUT2D eigenvalue weighted by Crippen LogP contribution is 2.35. The van der Waals surface area contributed by atoms with Crippen molar-refractivity contribution in [1.82, 2.24) is 24.9 Å². The lowest BCUT2D eigenvalue weighted by atomic mass is 10.1. The minimum atomic E-state index is -4.71. The molecule has 0 bridgehead atoms. The number of hydrogen-bond donors (Lipinski definition) is 1. The van der Waals surface area contributed by atoms with Crippen molar-refractivity contribution in [3.63, 3.8) is 0 Å². The number of thiazole rings is 1. The molecule has 0 aliphatic carbocycles. The molecule has 1 amide bonds. The molecule has 4 rings (SSSR count). The molecule has 0 saturated heterocycles. The summed E-state index contributed by atoms with van der Waals surface area (Å²) in [5, 5.41) is 2.12. The van der Waals surface area contributed by atoms with Crippen LogP contribution >= 0.6 is 22.9 Å². The largest absolute Gasteiger partial charge is 0.418 e. The van der Waals surface area contributed by atoms with Crippen molar-refractivity contribution in [1.29, 1.82) is 0 Å². The molecule has 0 fully saturated rings. The summed E-state index contributed by atoms with van der Waals surface area (Å²) in [6.45, 7) is 0. The Morgan fingerprint density at radius 3 is 2.61 bits per heavy atom. The van der Waals surface area contributed by atoms with Crippen molar-refractivity contribution in [3.8, 4) is 11.3 Å². The molecule has 4 aromatic heterocycles. The first-order valence-corrected chi connectivity index (χ1v) is 11.3. The van der Waals surface area contributed by atoms with Gasteiger partial charge in [0.1, 0.15) is 22.7 Å². The van der Waals surface area contributed by atoms with Crippen molar-refractivity contribution in [2.24, 2.45) is 0 Å². The normalized spacial score (nSPS) is 11.4. The van der Waals surface area contributed by atoms with Gasteiger partial charge >= 0.3 is 6.18 Å². The van der Waals surface area contributed by atoms with Crippen molar-refractivity contribution < 1.29 is 27.2 Å². The zero-order valence-electron chi connectivity index (χ0n) is 17.9. The summed E-state index contributed by atoms with van der Waals surface area (Å²) in [6, 6.07) is 5.01. The fourth-order valence-electron chi connectivity index (χ4n) is 3.02. The van der Waals surface area contributed by atoms with Gasteiger partial charge in [0.2, 0.25) is 5.95 Å². The molecular weight excluding hydrogens is 524 g/mol. The molecule has 4 aromatic rings. The third kappa shape index (κ3) is 5.86. The Bertz CT molecular complexity index is 1450. The van der Waals surface area contributed by atoms with Crippen LogP contribution in [0.5, 0.6) is 0 Å². The topological polar surface area (TPSA) is 111 Å². The van der Waals surface area contributed by atoms with E-state index >= 15 is 0 Å². The van der Waals surface area contributed by atoms with E-state index in [0.717, 1.165) is 23.9 Å². The van der Waals surface area contributed by atoms with Crippen molar-refractivity contribution >= 4 is 40.4 Å². The molecule has 8 nitrogen and oxygen atoms in total. The Labute approximate surface area is 209 Å². The fraction of sp³-hybridized carbons (Fsp3) is 0.136. The minimum absolute atomic E-state index is 0.00572. The van der Waals surface area contributed by atoms with Crippen LogP contribution in [0.2, 0.25) is 5.02 Å². The Hall–Kier alpha value is -3.84. The molecule has 0 spiro atoms. The monoisotopic (exact) mass is 536 g/mol. The average Bonchev–Trinajstić information content (AvgIpc) is 3.33. The molecular formula is C22H13ClF4N6O2S. The highest BCUT2D eigenvalue weighted by atomic mass is 35.5. The summed E-state index contributed by atoms with van der Waals surface area (Å²) in [4.78, 5) is 44.4. The maximum atomic E-state index is 13.9. The average molecular weight is 537 g/mol. The summed E-state index contributed by atoms with van der Waals surface area (Å²) in [5.74, 6) is -2.13. The first kappa shape index (κ1) is 25.3. The van der Waals surface area contributed by atoms with Crippen LogP contribution in [0.3, 0.4) is 0 Å². The van der Waals surface area contributed by atoms with Crippen LogP contribution in [-0.4, -0.2) is 36.6 Å². The van der Waals surface area contributed by atoms with Crippen LogP contribution in [0.25, 0.3) is 11.3 Å². The number of aryl methyl sites for hydroxylation is 1. The predicted octanol–water partition coefficient (Wildman–Crippen LogP) is 5.27. The number of carbonyl (C=O) groups is 2. The van der Waals surface area contributed by atoms with E-state index in [9.17, 15) is 27.2 Å². The molecule has 0 aromatic carbocycles. The van der Waals surface area contributed by atoms with Crippen LogP contribution in [-0.2, 0) is 12.6 Å². The molecule has 0 unspecified atom stereocenters. The smallest absolute Gasteiger partial charge is 0.306 e. The van der Waals surface area contributed by atoms with Crippen molar-refractivity contribution in [2.75, 3.05) is 5.32 Å². The first-order chi connectivity index (χ1) is 17.1. The van der Waals surface area contributed by atoms with Crippen molar-refractivity contribution in [2.45, 2.75) is 19.0 Å². The number of rotatable bonds is 7. The number of anilines is 1. The molecule has 0 saturated carbocycles. The van der Waals surface area contributed by atoms with Gasteiger partial charge in [0.05, 0.1) is 33.0 Å². The second-order valence-electron chi connectivity index (χ2n) is 7.17. The Kier molecular flexibility index (Phi) is 7.31. The summed E-state index contributed by atoms with van der Waals surface area (Å²) in [5.41, 5.74) is -0.720. The summed E-state index contributed by atoms with van der Waals surface area (Å²) < 4.78 is 52.9. The molecule has 0 atom stereocenters. The summed E-state index contributed by atoms with van der Waals surface area (Å²) in [7, 11) is 0. The van der Waals surface area contributed by atoms with Gasteiger partial charge in [-0.3, -0.25) is 9.59 Å². The lowest BCUT2D eigenvalue weighted by Gasteiger charge is -2.10. The number of aromatic nitrogens is 5. The van der Waals surface area contributed by atoms with Gasteiger partial charge in [-0.15, -0.1) is 11.3 Å². The van der Waals surface area contributed by atoms with Gasteiger partial charge < -0.3 is 5.32 Å². The number of nitrogens with one attached hydrogen (secondary N) is 1. The maximum absolute atomic E-state index is 13.9. The fourth-order valence-corrected chi connectivity index (χ4v) is 4.04. The SMILES string of the molecule is O=C(CCc1ncc(C(=O)Nc2cc(C(F)(F)F)c(Cl)cn2)s1)c1cc(-c2cccnc2F)ncn1. The number of hydrogen-bond acceptors (Lipinski definition) is 8. The second-order valence-corrected chi connectivity index (χ2v) is 8.70. The van der Waals surface area contributed by atoms with Gasteiger partial charge in [0.15, 0.2) is 5.78 Å². The molecule has 1 N–H and O–H groups in total. The van der Waals surface area contributed by atoms with Gasteiger partial charge in [-0.1, -0.05) is 11.6 Å². The zero-order chi connectivity index (χ0) is 25.9. The van der Waals surface area contributed by atoms with E-state index < -0.39 is 28.6 Å². The second kappa shape index (κ2) is 10.4. The minimum Gasteiger partial charge on any atom is -0.306 e. The molecule has 0 radical (unpaired) electrons. The number of ketones is 1. The summed E-state index contributed by atoms with van der Waals surface area (Å²) in [6.07, 6.45) is -0.0567. The zero-order valence-corrected chi connectivity index (χ0v) is 19.5. The van der Waals surface area contributed by atoms with Crippen LogP contribution in [0, 0.1) is 5.95 Å². The third-order valence-corrected chi connectivity index (χ3v) is 6.09. The standard InChI is InChI=1S/C22H13ClF4N6O2S/c23-13-8-29-18(6-12(13)22(25,26)27)33-21(35)17-9-30-19(36-17)4-3-16(34)15-7-14(31-10-32-15)11-2-1-5-28-20(11)24/h1-2,5-10H,3-4H2,(H,29,33,35). The number of halogens is 5. The van der Waals surface area contributed by atoms with E-state index in [1.54, 1.807) is 0 Å². The van der Waals surface area contributed by atoms with Crippen LogP contribution in [0.1, 0.15) is 37.2 Å². The van der Waals surface area contributed by atoms with Gasteiger partial charge in [-0.25, -0.2) is 24.9 Å². The van der Waals surface area contributed by atoms with Gasteiger partial charge in [-0.05, 0) is 24.3 Å². The molecule has 36 heavy (non-hydrogen) atoms. The van der Waals surface area contributed by atoms with E-state index in [1.165, 1.54) is 30.6 Å². The van der Waals surface area contributed by atoms with E-state index in [-0.39, 0.29) is 46.3 Å². The van der Waals surface area contributed by atoms with Gasteiger partial charge in [-0.2, -0.15) is 17.6 Å². The highest BCUT2D eigenvalue weighted by Gasteiger charge is 2.34. The number of carbonyl (C=O) groups excluding carboxylic acids is 2. The number of nitrogens with zero attached hydrogens (tertiary/aromatic N) is 5. The van der Waals surface area contributed by atoms with Crippen molar-refractivity contribution in [3.05, 3.63) is 81.3 Å². The molecule has 0 aliphatic rings. The molecule has 184 valence electrons. The third-order valence-electron chi connectivity index (χ3n) is 4.73. The summed E-state index contributed by atoms with van der Waals surface area (Å²) >= 11 is 6.50. The van der Waals surface area contributed by atoms with Crippen LogP contribution in [0.15, 0.2) is 49.2 Å².